The maximum atomic E-state index is 15.1. The lowest BCUT2D eigenvalue weighted by Crippen LogP contribution is -2.41. The van der Waals surface area contributed by atoms with Gasteiger partial charge in [0.25, 0.3) is 0 Å². The fraction of sp³-hybridized carbons (Fsp3) is 0.0690. The van der Waals surface area contributed by atoms with Crippen molar-refractivity contribution in [2.24, 2.45) is 0 Å². The molecule has 1 aliphatic rings. The summed E-state index contributed by atoms with van der Waals surface area (Å²) in [6.45, 7) is 7.79. The minimum atomic E-state index is -1.60. The van der Waals surface area contributed by atoms with E-state index in [9.17, 15) is 8.78 Å². The summed E-state index contributed by atoms with van der Waals surface area (Å²) in [6, 6.07) is 96.8. The van der Waals surface area contributed by atoms with Crippen LogP contribution in [0.3, 0.4) is 0 Å². The Labute approximate surface area is 638 Å². The van der Waals surface area contributed by atoms with Gasteiger partial charge in [-0.25, -0.2) is 48.1 Å². The molecule has 530 valence electrons. The molecule has 2 N–H and O–H groups in total. The Bertz CT molecular complexity index is 5610. The van der Waals surface area contributed by atoms with Crippen LogP contribution >= 0.6 is 34.8 Å². The molecule has 3 aromatic heterocycles. The first kappa shape index (κ1) is 74.6. The molecule has 0 amide bonds. The van der Waals surface area contributed by atoms with Crippen LogP contribution in [0.4, 0.5) is 13.2 Å². The predicted molar refractivity (Wildman–Crippen MR) is 426 cm³/mol. The number of halogens is 6. The third-order valence-corrected chi connectivity index (χ3v) is 18.6. The first-order valence-electron chi connectivity index (χ1n) is 34.3. The average molecular weight is 1490 g/mol. The Morgan fingerprint density at radius 2 is 0.537 bits per heavy atom. The van der Waals surface area contributed by atoms with Crippen LogP contribution in [0.2, 0.25) is 15.3 Å². The fourth-order valence-corrected chi connectivity index (χ4v) is 12.0. The molecule has 4 heterocycles. The maximum absolute atomic E-state index is 15.1. The van der Waals surface area contributed by atoms with Crippen LogP contribution in [0.5, 0.6) is 0 Å². The number of hydrogen-bond donors (Lipinski definition) is 2. The zero-order valence-electron chi connectivity index (χ0n) is 58.6. The van der Waals surface area contributed by atoms with Crippen LogP contribution in [0.25, 0.3) is 124 Å². The van der Waals surface area contributed by atoms with Gasteiger partial charge in [0.1, 0.15) is 17.5 Å². The Morgan fingerprint density at radius 1 is 0.278 bits per heavy atom. The van der Waals surface area contributed by atoms with Crippen LogP contribution in [0, 0.1) is 17.5 Å². The summed E-state index contributed by atoms with van der Waals surface area (Å²) >= 11 is 17.5. The molecule has 108 heavy (non-hydrogen) atoms. The molecule has 0 atom stereocenters. The normalized spacial score (nSPS) is 12.5. The van der Waals surface area contributed by atoms with E-state index >= 15 is 4.39 Å². The zero-order chi connectivity index (χ0) is 75.3. The Balaban J connectivity index is 0.000000136. The van der Waals surface area contributed by atoms with E-state index in [-0.39, 0.29) is 20.8 Å². The second-order valence-corrected chi connectivity index (χ2v) is 27.0. The molecule has 1 saturated heterocycles. The van der Waals surface area contributed by atoms with Crippen molar-refractivity contribution < 1.29 is 32.5 Å². The van der Waals surface area contributed by atoms with Gasteiger partial charge in [-0.05, 0) is 145 Å². The van der Waals surface area contributed by atoms with E-state index in [2.05, 4.69) is 92.7 Å². The van der Waals surface area contributed by atoms with E-state index in [1.165, 1.54) is 30.3 Å². The summed E-state index contributed by atoms with van der Waals surface area (Å²) in [7, 11) is -2.45. The molecule has 21 heteroatoms. The monoisotopic (exact) mass is 1480 g/mol. The molecule has 15 aromatic rings. The van der Waals surface area contributed by atoms with Crippen molar-refractivity contribution in [1.82, 2.24) is 44.9 Å². The van der Waals surface area contributed by atoms with E-state index in [0.29, 0.717) is 63.2 Å². The summed E-state index contributed by atoms with van der Waals surface area (Å²) in [6.07, 6.45) is 0. The van der Waals surface area contributed by atoms with E-state index < -0.39 is 42.9 Å². The molecule has 1 aliphatic heterocycles. The minimum absolute atomic E-state index is 0.0248. The van der Waals surface area contributed by atoms with Crippen LogP contribution in [-0.2, 0) is 9.31 Å². The van der Waals surface area contributed by atoms with E-state index in [1.807, 2.05) is 210 Å². The van der Waals surface area contributed by atoms with Crippen molar-refractivity contribution in [3.63, 3.8) is 0 Å². The number of nitrogens with zero attached hydrogens (tertiary/aromatic N) is 9. The summed E-state index contributed by atoms with van der Waals surface area (Å²) in [5, 5.41) is 17.3. The van der Waals surface area contributed by atoms with Crippen molar-refractivity contribution in [2.45, 2.75) is 38.9 Å². The molecule has 16 rings (SSSR count). The van der Waals surface area contributed by atoms with Crippen molar-refractivity contribution in [3.8, 4) is 124 Å². The number of hydrogen-bond acceptors (Lipinski definition) is 13. The van der Waals surface area contributed by atoms with Gasteiger partial charge < -0.3 is 19.4 Å². The standard InChI is InChI=1S/C33H29BFN3O2.C27H17ClFN3.C21H14ClN3.C6H5BClFO2/c1-32(2)33(3,4)40-34(39-32)27-21-26(18-19-28(27)35)31-37-29(23-14-9-6-10-15-23)36-30(38-31)25-17-11-16-24(20-25)22-12-7-5-8-13-22;28-23-17-22(14-15-24(23)29)27-31-25(19-10-5-2-6-11-19)30-26(32-27)21-13-7-12-20(16-21)18-8-3-1-4-9-18;22-21-24-19(16-10-5-2-6-11-16)23-20(25-21)18-13-7-12-17(14-18)15-8-3-1-4-9-15;8-5-3-4(7(10)11)1-2-6(5)9/h5-21H,1-4H3;1-17H;1-14H;1-3,10-11H. The van der Waals surface area contributed by atoms with Gasteiger partial charge in [0.15, 0.2) is 46.6 Å². The number of aromatic nitrogens is 9. The van der Waals surface area contributed by atoms with E-state index in [0.717, 1.165) is 72.8 Å². The second-order valence-electron chi connectivity index (χ2n) is 25.8. The van der Waals surface area contributed by atoms with Gasteiger partial charge >= 0.3 is 14.2 Å². The summed E-state index contributed by atoms with van der Waals surface area (Å²) < 4.78 is 53.6. The van der Waals surface area contributed by atoms with E-state index in [4.69, 9.17) is 79.1 Å². The highest BCUT2D eigenvalue weighted by molar-refractivity contribution is 6.62. The molecular weight excluding hydrogens is 1420 g/mol. The van der Waals surface area contributed by atoms with Crippen molar-refractivity contribution in [2.75, 3.05) is 0 Å². The van der Waals surface area contributed by atoms with Crippen molar-refractivity contribution in [3.05, 3.63) is 342 Å². The van der Waals surface area contributed by atoms with Gasteiger partial charge in [-0.15, -0.1) is 0 Å². The fourth-order valence-electron chi connectivity index (χ4n) is 11.4. The lowest BCUT2D eigenvalue weighted by atomic mass is 9.78. The zero-order valence-corrected chi connectivity index (χ0v) is 60.9. The first-order valence-corrected chi connectivity index (χ1v) is 35.4. The molecule has 12 aromatic carbocycles. The SMILES string of the molecule is CC1(C)OB(c2cc(-c3nc(-c4ccccc4)nc(-c4cccc(-c5ccccc5)c4)n3)ccc2F)OC1(C)C.Clc1nc(-c2ccccc2)nc(-c2cccc(-c3ccccc3)c2)n1.Fc1ccc(-c2nc(-c3ccccc3)nc(-c3cccc(-c4ccccc4)c3)n2)cc1Cl.OB(O)c1ccc(F)c(Cl)c1. The second kappa shape index (κ2) is 33.8. The lowest BCUT2D eigenvalue weighted by molar-refractivity contribution is 0.00578. The number of benzene rings is 12. The summed E-state index contributed by atoms with van der Waals surface area (Å²) in [5.74, 6) is 2.68. The highest BCUT2D eigenvalue weighted by Gasteiger charge is 2.52. The summed E-state index contributed by atoms with van der Waals surface area (Å²) in [5.41, 5.74) is 12.4. The first-order chi connectivity index (χ1) is 52.3. The molecule has 0 aliphatic carbocycles. The van der Waals surface area contributed by atoms with Crippen LogP contribution in [0.15, 0.2) is 309 Å². The molecule has 0 bridgehead atoms. The van der Waals surface area contributed by atoms with Crippen molar-refractivity contribution in [1.29, 1.82) is 0 Å². The van der Waals surface area contributed by atoms with Gasteiger partial charge in [-0.3, -0.25) is 0 Å². The van der Waals surface area contributed by atoms with E-state index in [1.54, 1.807) is 18.2 Å². The highest BCUT2D eigenvalue weighted by atomic mass is 35.5. The molecule has 0 spiro atoms. The Hall–Kier alpha value is -11.7. The quantitative estimate of drug-likeness (QED) is 0.104. The molecule has 0 saturated carbocycles. The topological polar surface area (TPSA) is 175 Å². The molecule has 0 radical (unpaired) electrons. The molecule has 0 unspecified atom stereocenters. The van der Waals surface area contributed by atoms with Gasteiger partial charge in [0, 0.05) is 50.0 Å². The van der Waals surface area contributed by atoms with Gasteiger partial charge in [0.05, 0.1) is 21.2 Å². The average Bonchev–Trinajstić information content (AvgIpc) is 1.57. The van der Waals surface area contributed by atoms with Gasteiger partial charge in [0.2, 0.25) is 5.28 Å². The maximum Gasteiger partial charge on any atom is 0.497 e. The van der Waals surface area contributed by atoms with Gasteiger partial charge in [-0.1, -0.05) is 266 Å². The molecule has 1 fully saturated rings. The largest absolute Gasteiger partial charge is 0.497 e. The molecular formula is C87H65B2Cl3F3N9O4. The van der Waals surface area contributed by atoms with Crippen LogP contribution in [0.1, 0.15) is 27.7 Å². The smallest absolute Gasteiger partial charge is 0.423 e. The minimum Gasteiger partial charge on any atom is -0.423 e. The molecule has 13 nitrogen and oxygen atoms in total. The third-order valence-electron chi connectivity index (χ3n) is 17.8. The van der Waals surface area contributed by atoms with Gasteiger partial charge in [-0.2, -0.15) is 9.97 Å². The van der Waals surface area contributed by atoms with Crippen LogP contribution in [-0.4, -0.2) is 80.3 Å². The lowest BCUT2D eigenvalue weighted by Gasteiger charge is -2.32. The number of rotatable bonds is 13. The predicted octanol–water partition coefficient (Wildman–Crippen LogP) is 20.0. The van der Waals surface area contributed by atoms with Crippen molar-refractivity contribution >= 4 is 60.0 Å². The summed E-state index contributed by atoms with van der Waals surface area (Å²) in [4.78, 5) is 41.8. The third kappa shape index (κ3) is 18.2. The highest BCUT2D eigenvalue weighted by Crippen LogP contribution is 2.38. The Morgan fingerprint density at radius 3 is 0.870 bits per heavy atom. The Kier molecular flexibility index (Phi) is 23.3. The van der Waals surface area contributed by atoms with Crippen LogP contribution < -0.4 is 10.9 Å².